The largest absolute Gasteiger partial charge is 0.456 e. The number of rotatable bonds is 3. The molecule has 9 heteroatoms. The molecule has 51 heavy (non-hydrogen) atoms. The average Bonchev–Trinajstić information content (AvgIpc) is 3.55. The predicted octanol–water partition coefficient (Wildman–Crippen LogP) is 2.40. The highest BCUT2D eigenvalue weighted by molar-refractivity contribution is 6.71. The molecule has 0 aliphatic heterocycles. The van der Waals surface area contributed by atoms with Crippen LogP contribution in [0.1, 0.15) is 0 Å². The van der Waals surface area contributed by atoms with Gasteiger partial charge < -0.3 is 4.42 Å². The molecule has 9 aromatic rings. The fraction of sp³-hybridized carbons (Fsp3) is 0. The van der Waals surface area contributed by atoms with Crippen molar-refractivity contribution in [2.24, 2.45) is 0 Å². The van der Waals surface area contributed by atoms with Gasteiger partial charge in [0.05, 0.1) is 0 Å². The average molecular weight is 625 g/mol. The lowest BCUT2D eigenvalue weighted by atomic mass is 9.59. The summed E-state index contributed by atoms with van der Waals surface area (Å²) in [4.78, 5) is 0. The van der Waals surface area contributed by atoms with E-state index in [1.165, 1.54) is 0 Å². The molecule has 216 valence electrons. The highest BCUT2D eigenvalue weighted by Gasteiger charge is 2.25. The lowest BCUT2D eigenvalue weighted by molar-refractivity contribution is 0.669. The van der Waals surface area contributed by atoms with Gasteiger partial charge in [-0.05, 0) is 90.0 Å². The number of hydrogen-bond donors (Lipinski definition) is 0. The van der Waals surface area contributed by atoms with Gasteiger partial charge in [0, 0.05) is 10.8 Å². The molecule has 0 fully saturated rings. The first kappa shape index (κ1) is 31.8. The third-order valence-electron chi connectivity index (χ3n) is 10.2. The Hall–Kier alpha value is -5.14. The molecule has 9 rings (SSSR count). The predicted molar refractivity (Wildman–Crippen MR) is 226 cm³/mol. The fourth-order valence-corrected chi connectivity index (χ4v) is 7.70. The van der Waals surface area contributed by atoms with Crippen molar-refractivity contribution < 1.29 is 4.42 Å². The number of fused-ring (bicyclic) bond motifs is 7. The standard InChI is InChI=1S/C42H18B8O/c43-35-31-28(20-9-5-2-6-10-20)32-34(38(46)42(50)40(48)36(32)44)29(33(31)37(45)41(49)39(35)47)23-13-15-26-25(18-23)30-24-14-11-21(19-7-3-1-4-8-19)17-22(24)12-16-27(30)51-26/h1-18H. The Kier molecular flexibility index (Phi) is 7.30. The van der Waals surface area contributed by atoms with Crippen LogP contribution in [0.2, 0.25) is 0 Å². The molecule has 0 aliphatic carbocycles. The second-order valence-electron chi connectivity index (χ2n) is 13.0. The Labute approximate surface area is 306 Å². The van der Waals surface area contributed by atoms with E-state index in [0.29, 0.717) is 32.7 Å². The minimum absolute atomic E-state index is 0.171. The summed E-state index contributed by atoms with van der Waals surface area (Å²) < 4.78 is 6.41. The summed E-state index contributed by atoms with van der Waals surface area (Å²) in [6.07, 6.45) is 0. The third-order valence-corrected chi connectivity index (χ3v) is 10.2. The maximum absolute atomic E-state index is 6.93. The van der Waals surface area contributed by atoms with Crippen molar-refractivity contribution >= 4 is 161 Å². The number of hydrogen-bond acceptors (Lipinski definition) is 1. The second kappa shape index (κ2) is 11.7. The summed E-state index contributed by atoms with van der Waals surface area (Å²) in [5, 5.41) is 6.33. The van der Waals surface area contributed by atoms with Crippen molar-refractivity contribution in [3.63, 3.8) is 0 Å². The molecular formula is C42H18B8O. The highest BCUT2D eigenvalue weighted by Crippen LogP contribution is 2.43. The Balaban J connectivity index is 1.45. The summed E-state index contributed by atoms with van der Waals surface area (Å²) in [6.45, 7) is 0. The van der Waals surface area contributed by atoms with Gasteiger partial charge in [0.1, 0.15) is 73.9 Å². The Morgan fingerprint density at radius 2 is 0.784 bits per heavy atom. The molecule has 0 aliphatic rings. The maximum Gasteiger partial charge on any atom is 0.136 e. The SMILES string of the molecule is [B]c1c([B])c([B])c2c(-c3ccc4oc5ccc6cc(-c7ccccc7)ccc6c5c4c3)c3c([B])c([B])c([B])c([B])c3c(-c3ccccc3)c2c1[B]. The molecular weight excluding hydrogens is 607 g/mol. The van der Waals surface area contributed by atoms with Gasteiger partial charge in [-0.3, -0.25) is 0 Å². The zero-order valence-electron chi connectivity index (χ0n) is 27.4. The Bertz CT molecular complexity index is 2850. The molecule has 0 saturated heterocycles. The summed E-state index contributed by atoms with van der Waals surface area (Å²) in [5.74, 6) is 0. The molecule has 16 radical (unpaired) electrons. The minimum atomic E-state index is 0.171. The molecule has 8 aromatic carbocycles. The fourth-order valence-electron chi connectivity index (χ4n) is 7.70. The van der Waals surface area contributed by atoms with E-state index in [0.717, 1.165) is 55.0 Å². The van der Waals surface area contributed by atoms with Gasteiger partial charge in [-0.2, -0.15) is 0 Å². The van der Waals surface area contributed by atoms with E-state index in [4.69, 9.17) is 67.2 Å². The lowest BCUT2D eigenvalue weighted by Crippen LogP contribution is -2.50. The molecule has 0 N–H and O–H groups in total. The zero-order valence-corrected chi connectivity index (χ0v) is 27.4. The number of furan rings is 1. The molecule has 0 amide bonds. The molecule has 1 aromatic heterocycles. The smallest absolute Gasteiger partial charge is 0.136 e. The van der Waals surface area contributed by atoms with E-state index in [2.05, 4.69) is 42.5 Å². The molecule has 0 spiro atoms. The third kappa shape index (κ3) is 4.60. The summed E-state index contributed by atoms with van der Waals surface area (Å²) in [6, 6.07) is 36.5. The van der Waals surface area contributed by atoms with Gasteiger partial charge in [-0.15, -0.1) is 21.9 Å². The van der Waals surface area contributed by atoms with Crippen LogP contribution in [0.5, 0.6) is 0 Å². The number of benzene rings is 8. The summed E-state index contributed by atoms with van der Waals surface area (Å²) >= 11 is 0. The van der Waals surface area contributed by atoms with Gasteiger partial charge in [0.15, 0.2) is 0 Å². The van der Waals surface area contributed by atoms with E-state index in [1.807, 2.05) is 66.7 Å². The topological polar surface area (TPSA) is 13.1 Å². The van der Waals surface area contributed by atoms with Gasteiger partial charge in [0.2, 0.25) is 0 Å². The maximum atomic E-state index is 6.93. The van der Waals surface area contributed by atoms with Crippen molar-refractivity contribution in [2.75, 3.05) is 0 Å². The Morgan fingerprint density at radius 1 is 0.314 bits per heavy atom. The first-order valence-corrected chi connectivity index (χ1v) is 16.4. The second-order valence-corrected chi connectivity index (χ2v) is 13.0. The van der Waals surface area contributed by atoms with Gasteiger partial charge in [-0.25, -0.2) is 0 Å². The molecule has 1 nitrogen and oxygen atoms in total. The van der Waals surface area contributed by atoms with Crippen LogP contribution in [-0.4, -0.2) is 62.8 Å². The molecule has 0 saturated carbocycles. The zero-order chi connectivity index (χ0) is 35.3. The van der Waals surface area contributed by atoms with Crippen LogP contribution in [0, 0.1) is 0 Å². The van der Waals surface area contributed by atoms with Crippen LogP contribution in [0.3, 0.4) is 0 Å². The molecule has 1 heterocycles. The monoisotopic (exact) mass is 626 g/mol. The quantitative estimate of drug-likeness (QED) is 0.218. The van der Waals surface area contributed by atoms with Gasteiger partial charge >= 0.3 is 0 Å². The minimum Gasteiger partial charge on any atom is -0.456 e. The van der Waals surface area contributed by atoms with Crippen LogP contribution in [0.4, 0.5) is 0 Å². The van der Waals surface area contributed by atoms with Crippen LogP contribution < -0.4 is 43.7 Å². The van der Waals surface area contributed by atoms with Crippen molar-refractivity contribution in [3.05, 3.63) is 109 Å². The van der Waals surface area contributed by atoms with Crippen LogP contribution in [0.25, 0.3) is 87.6 Å². The lowest BCUT2D eigenvalue weighted by Gasteiger charge is -2.28. The normalized spacial score (nSPS) is 11.8. The molecule has 0 bridgehead atoms. The molecule has 0 unspecified atom stereocenters. The van der Waals surface area contributed by atoms with Crippen molar-refractivity contribution in [3.8, 4) is 33.4 Å². The first-order valence-electron chi connectivity index (χ1n) is 16.4. The van der Waals surface area contributed by atoms with E-state index < -0.39 is 0 Å². The van der Waals surface area contributed by atoms with Crippen molar-refractivity contribution in [1.29, 1.82) is 0 Å². The van der Waals surface area contributed by atoms with Crippen LogP contribution in [-0.2, 0) is 0 Å². The van der Waals surface area contributed by atoms with Gasteiger partial charge in [-0.1, -0.05) is 107 Å². The van der Waals surface area contributed by atoms with E-state index in [1.54, 1.807) is 0 Å². The van der Waals surface area contributed by atoms with Crippen molar-refractivity contribution in [1.82, 2.24) is 0 Å². The van der Waals surface area contributed by atoms with Crippen LogP contribution >= 0.6 is 0 Å². The van der Waals surface area contributed by atoms with Gasteiger partial charge in [0.25, 0.3) is 0 Å². The van der Waals surface area contributed by atoms with E-state index in [-0.39, 0.29) is 43.7 Å². The molecule has 0 atom stereocenters. The Morgan fingerprint density at radius 3 is 1.33 bits per heavy atom. The summed E-state index contributed by atoms with van der Waals surface area (Å²) in [5.41, 5.74) is 8.39. The van der Waals surface area contributed by atoms with E-state index in [9.17, 15) is 0 Å². The van der Waals surface area contributed by atoms with Crippen molar-refractivity contribution in [2.45, 2.75) is 0 Å². The first-order chi connectivity index (χ1) is 24.7. The highest BCUT2D eigenvalue weighted by atomic mass is 16.3. The van der Waals surface area contributed by atoms with E-state index >= 15 is 0 Å². The summed E-state index contributed by atoms with van der Waals surface area (Å²) in [7, 11) is 53.8. The van der Waals surface area contributed by atoms with Crippen LogP contribution in [0.15, 0.2) is 114 Å².